The van der Waals surface area contributed by atoms with Crippen LogP contribution in [0.4, 0.5) is 4.79 Å². The Balaban J connectivity index is 1.47. The molecule has 0 spiro atoms. The van der Waals surface area contributed by atoms with Crippen LogP contribution in [0.1, 0.15) is 42.4 Å². The van der Waals surface area contributed by atoms with Gasteiger partial charge in [-0.05, 0) is 37.8 Å². The number of fused-ring (bicyclic) bond motifs is 1. The van der Waals surface area contributed by atoms with Gasteiger partial charge in [-0.1, -0.05) is 25.0 Å². The summed E-state index contributed by atoms with van der Waals surface area (Å²) in [5.74, 6) is -1.20. The molecular weight excluding hydrogens is 348 g/mol. The molecule has 1 aromatic carbocycles. The van der Waals surface area contributed by atoms with Crippen molar-refractivity contribution in [1.29, 1.82) is 0 Å². The maximum Gasteiger partial charge on any atom is 0.321 e. The van der Waals surface area contributed by atoms with E-state index in [2.05, 4.69) is 10.6 Å². The third-order valence-electron chi connectivity index (χ3n) is 4.98. The van der Waals surface area contributed by atoms with Crippen LogP contribution in [0.25, 0.3) is 11.0 Å². The third-order valence-corrected chi connectivity index (χ3v) is 4.98. The summed E-state index contributed by atoms with van der Waals surface area (Å²) in [5, 5.41) is 5.78. The molecule has 144 valence electrons. The summed E-state index contributed by atoms with van der Waals surface area (Å²) in [5.41, 5.74) is 3.59. The molecule has 0 unspecified atom stereocenters. The molecule has 7 heteroatoms. The largest absolute Gasteiger partial charge is 0.464 e. The second-order valence-electron chi connectivity index (χ2n) is 6.99. The summed E-state index contributed by atoms with van der Waals surface area (Å²) in [7, 11) is 0. The van der Waals surface area contributed by atoms with Crippen LogP contribution in [-0.2, 0) is 20.7 Å². The van der Waals surface area contributed by atoms with E-state index in [1.807, 2.05) is 26.0 Å². The van der Waals surface area contributed by atoms with Crippen LogP contribution in [0, 0.1) is 13.8 Å². The van der Waals surface area contributed by atoms with Crippen molar-refractivity contribution in [1.82, 2.24) is 10.6 Å². The lowest BCUT2D eigenvalue weighted by atomic mass is 10.0. The number of esters is 1. The Hall–Kier alpha value is -2.83. The van der Waals surface area contributed by atoms with E-state index < -0.39 is 24.5 Å². The van der Waals surface area contributed by atoms with Gasteiger partial charge in [0.1, 0.15) is 5.58 Å². The molecule has 0 radical (unpaired) electrons. The molecule has 1 aliphatic carbocycles. The first-order valence-corrected chi connectivity index (χ1v) is 9.16. The number of ether oxygens (including phenoxy) is 1. The molecule has 2 aromatic rings. The van der Waals surface area contributed by atoms with Gasteiger partial charge in [0.15, 0.2) is 6.61 Å². The summed E-state index contributed by atoms with van der Waals surface area (Å²) >= 11 is 0. The average Bonchev–Trinajstić information content (AvgIpc) is 3.26. The number of rotatable bonds is 5. The fourth-order valence-corrected chi connectivity index (χ4v) is 3.33. The van der Waals surface area contributed by atoms with E-state index in [0.717, 1.165) is 47.8 Å². The molecule has 3 amide bonds. The molecule has 1 heterocycles. The van der Waals surface area contributed by atoms with Crippen molar-refractivity contribution in [2.75, 3.05) is 6.61 Å². The molecular formula is C20H24N2O5. The fourth-order valence-electron chi connectivity index (χ4n) is 3.33. The van der Waals surface area contributed by atoms with Crippen molar-refractivity contribution < 1.29 is 23.5 Å². The van der Waals surface area contributed by atoms with Crippen LogP contribution in [0.5, 0.6) is 0 Å². The Morgan fingerprint density at radius 1 is 1.19 bits per heavy atom. The molecule has 0 aliphatic heterocycles. The minimum Gasteiger partial charge on any atom is -0.464 e. The number of carbonyl (C=O) groups excluding carboxylic acids is 3. The predicted molar refractivity (Wildman–Crippen MR) is 99.3 cm³/mol. The van der Waals surface area contributed by atoms with Gasteiger partial charge < -0.3 is 14.5 Å². The van der Waals surface area contributed by atoms with Crippen LogP contribution < -0.4 is 10.6 Å². The first-order chi connectivity index (χ1) is 12.9. The van der Waals surface area contributed by atoms with E-state index >= 15 is 0 Å². The topological polar surface area (TPSA) is 97.6 Å². The Labute approximate surface area is 157 Å². The maximum absolute atomic E-state index is 12.0. The molecule has 0 saturated heterocycles. The summed E-state index contributed by atoms with van der Waals surface area (Å²) in [6.45, 7) is 3.46. The molecule has 2 N–H and O–H groups in total. The minimum absolute atomic E-state index is 0.00293. The number of benzene rings is 1. The van der Waals surface area contributed by atoms with Crippen LogP contribution in [-0.4, -0.2) is 30.6 Å². The summed E-state index contributed by atoms with van der Waals surface area (Å²) in [4.78, 5) is 35.5. The van der Waals surface area contributed by atoms with Gasteiger partial charge in [0, 0.05) is 17.0 Å². The van der Waals surface area contributed by atoms with Crippen LogP contribution in [0.3, 0.4) is 0 Å². The number of imide groups is 1. The summed E-state index contributed by atoms with van der Waals surface area (Å²) in [6, 6.07) is 3.44. The monoisotopic (exact) mass is 372 g/mol. The molecule has 27 heavy (non-hydrogen) atoms. The van der Waals surface area contributed by atoms with Crippen molar-refractivity contribution >= 4 is 28.9 Å². The zero-order chi connectivity index (χ0) is 19.4. The number of furan rings is 1. The van der Waals surface area contributed by atoms with Crippen molar-refractivity contribution in [3.05, 3.63) is 35.1 Å². The molecule has 3 rings (SSSR count). The molecule has 1 fully saturated rings. The van der Waals surface area contributed by atoms with Crippen LogP contribution >= 0.6 is 0 Å². The van der Waals surface area contributed by atoms with Gasteiger partial charge in [-0.25, -0.2) is 4.79 Å². The maximum atomic E-state index is 12.0. The second kappa shape index (κ2) is 8.24. The molecule has 1 aromatic heterocycles. The number of hydrogen-bond donors (Lipinski definition) is 2. The van der Waals surface area contributed by atoms with E-state index in [-0.39, 0.29) is 12.5 Å². The van der Waals surface area contributed by atoms with Gasteiger partial charge in [-0.2, -0.15) is 0 Å². The lowest BCUT2D eigenvalue weighted by molar-refractivity contribution is -0.147. The molecule has 0 atom stereocenters. The van der Waals surface area contributed by atoms with Gasteiger partial charge in [-0.3, -0.25) is 14.9 Å². The Bertz CT molecular complexity index is 865. The van der Waals surface area contributed by atoms with Crippen LogP contribution in [0.15, 0.2) is 22.8 Å². The highest BCUT2D eigenvalue weighted by molar-refractivity contribution is 5.96. The number of carbonyl (C=O) groups is 3. The zero-order valence-electron chi connectivity index (χ0n) is 15.6. The van der Waals surface area contributed by atoms with E-state index in [1.54, 1.807) is 0 Å². The molecule has 1 aliphatic rings. The highest BCUT2D eigenvalue weighted by Crippen LogP contribution is 2.26. The SMILES string of the molecule is Cc1ccc2c(CC(=O)OCC(=O)NC(=O)NC3CCCC3)coc2c1C. The predicted octanol–water partition coefficient (Wildman–Crippen LogP) is 2.90. The number of hydrogen-bond acceptors (Lipinski definition) is 5. The third kappa shape index (κ3) is 4.67. The van der Waals surface area contributed by atoms with Crippen molar-refractivity contribution in [3.8, 4) is 0 Å². The lowest BCUT2D eigenvalue weighted by Crippen LogP contribution is -2.45. The fraction of sp³-hybridized carbons (Fsp3) is 0.450. The van der Waals surface area contributed by atoms with Crippen molar-refractivity contribution in [2.24, 2.45) is 0 Å². The second-order valence-corrected chi connectivity index (χ2v) is 6.99. The van der Waals surface area contributed by atoms with E-state index in [9.17, 15) is 14.4 Å². The van der Waals surface area contributed by atoms with Gasteiger partial charge in [0.25, 0.3) is 5.91 Å². The molecule has 7 nitrogen and oxygen atoms in total. The Morgan fingerprint density at radius 2 is 1.93 bits per heavy atom. The van der Waals surface area contributed by atoms with Crippen LogP contribution in [0.2, 0.25) is 0 Å². The average molecular weight is 372 g/mol. The number of amides is 3. The first-order valence-electron chi connectivity index (χ1n) is 9.16. The number of nitrogens with one attached hydrogen (secondary N) is 2. The van der Waals surface area contributed by atoms with Crippen molar-refractivity contribution in [2.45, 2.75) is 52.0 Å². The van der Waals surface area contributed by atoms with E-state index in [0.29, 0.717) is 5.56 Å². The molecule has 1 saturated carbocycles. The van der Waals surface area contributed by atoms with Gasteiger partial charge in [-0.15, -0.1) is 0 Å². The van der Waals surface area contributed by atoms with Crippen molar-refractivity contribution in [3.63, 3.8) is 0 Å². The zero-order valence-corrected chi connectivity index (χ0v) is 15.6. The lowest BCUT2D eigenvalue weighted by Gasteiger charge is -2.12. The Kier molecular flexibility index (Phi) is 5.78. The highest BCUT2D eigenvalue weighted by atomic mass is 16.5. The standard InChI is InChI=1S/C20H24N2O5/c1-12-7-8-16-14(10-27-19(16)13(12)2)9-18(24)26-11-17(23)22-20(25)21-15-5-3-4-6-15/h7-8,10,15H,3-6,9,11H2,1-2H3,(H2,21,22,23,25). The smallest absolute Gasteiger partial charge is 0.321 e. The number of urea groups is 1. The molecule has 0 bridgehead atoms. The van der Waals surface area contributed by atoms with Gasteiger partial charge in [0.2, 0.25) is 0 Å². The minimum atomic E-state index is -0.651. The summed E-state index contributed by atoms with van der Waals surface area (Å²) in [6.07, 6.45) is 5.55. The van der Waals surface area contributed by atoms with E-state index in [1.165, 1.54) is 6.26 Å². The first kappa shape index (κ1) is 18.9. The van der Waals surface area contributed by atoms with Gasteiger partial charge in [0.05, 0.1) is 12.7 Å². The van der Waals surface area contributed by atoms with E-state index in [4.69, 9.17) is 9.15 Å². The Morgan fingerprint density at radius 3 is 2.67 bits per heavy atom. The normalized spacial score (nSPS) is 14.3. The summed E-state index contributed by atoms with van der Waals surface area (Å²) < 4.78 is 10.5. The quantitative estimate of drug-likeness (QED) is 0.787. The number of aryl methyl sites for hydroxylation is 2. The highest BCUT2D eigenvalue weighted by Gasteiger charge is 2.19. The van der Waals surface area contributed by atoms with Gasteiger partial charge >= 0.3 is 12.0 Å².